The molecule has 1 aliphatic heterocycles. The van der Waals surface area contributed by atoms with E-state index in [9.17, 15) is 9.59 Å². The van der Waals surface area contributed by atoms with Crippen LogP contribution >= 0.6 is 0 Å². The van der Waals surface area contributed by atoms with Crippen LogP contribution in [-0.2, 0) is 13.0 Å². The Bertz CT molecular complexity index is 788. The highest BCUT2D eigenvalue weighted by atomic mass is 16.5. The number of Topliss-reactive ketones (excluding diaryl/α,β-unsaturated/α-hetero) is 2. The quantitative estimate of drug-likeness (QED) is 0.725. The van der Waals surface area contributed by atoms with Gasteiger partial charge in [0.2, 0.25) is 0 Å². The molecule has 1 heterocycles. The summed E-state index contributed by atoms with van der Waals surface area (Å²) < 4.78 is 5.81. The summed E-state index contributed by atoms with van der Waals surface area (Å²) in [5.74, 6) is 0.848. The lowest BCUT2D eigenvalue weighted by molar-refractivity contribution is 0.100. The van der Waals surface area contributed by atoms with Crippen molar-refractivity contribution in [2.24, 2.45) is 0 Å². The summed E-state index contributed by atoms with van der Waals surface area (Å²) in [5.41, 5.74) is 5.54. The number of carbonyl (C=O) groups is 2. The van der Waals surface area contributed by atoms with Crippen molar-refractivity contribution >= 4 is 11.6 Å². The molecule has 0 aliphatic carbocycles. The lowest BCUT2D eigenvalue weighted by atomic mass is 9.90. The molecule has 0 aromatic heterocycles. The zero-order chi connectivity index (χ0) is 17.9. The molecule has 0 atom stereocenters. The van der Waals surface area contributed by atoms with Crippen LogP contribution in [0.3, 0.4) is 0 Å². The predicted octanol–water partition coefficient (Wildman–Crippen LogP) is 5.24. The summed E-state index contributed by atoms with van der Waals surface area (Å²) in [6.45, 7) is 9.61. The van der Waals surface area contributed by atoms with E-state index in [2.05, 4.69) is 0 Å². The minimum Gasteiger partial charge on any atom is -0.488 e. The minimum atomic E-state index is 0.0507. The molecule has 0 amide bonds. The third-order valence-electron chi connectivity index (χ3n) is 4.15. The van der Waals surface area contributed by atoms with Gasteiger partial charge in [0.25, 0.3) is 0 Å². The van der Waals surface area contributed by atoms with E-state index in [1.807, 2.05) is 51.1 Å². The summed E-state index contributed by atoms with van der Waals surface area (Å²) >= 11 is 0. The van der Waals surface area contributed by atoms with Crippen LogP contribution < -0.4 is 4.74 Å². The van der Waals surface area contributed by atoms with Gasteiger partial charge in [0.15, 0.2) is 11.6 Å². The van der Waals surface area contributed by atoms with Crippen LogP contribution in [0.5, 0.6) is 5.75 Å². The second-order valence-electron chi connectivity index (χ2n) is 5.63. The average molecular weight is 324 g/mol. The van der Waals surface area contributed by atoms with Crippen molar-refractivity contribution in [1.82, 2.24) is 0 Å². The maximum absolute atomic E-state index is 11.8. The van der Waals surface area contributed by atoms with Gasteiger partial charge < -0.3 is 4.74 Å². The van der Waals surface area contributed by atoms with Gasteiger partial charge in [0, 0.05) is 16.7 Å². The van der Waals surface area contributed by atoms with Crippen molar-refractivity contribution in [3.8, 4) is 16.9 Å². The molecule has 3 rings (SSSR count). The van der Waals surface area contributed by atoms with Gasteiger partial charge in [-0.05, 0) is 55.2 Å². The predicted molar refractivity (Wildman–Crippen MR) is 96.9 cm³/mol. The molecular weight excluding hydrogens is 300 g/mol. The van der Waals surface area contributed by atoms with Crippen molar-refractivity contribution < 1.29 is 14.3 Å². The first-order valence-corrected chi connectivity index (χ1v) is 8.46. The number of hydrogen-bond acceptors (Lipinski definition) is 3. The third kappa shape index (κ3) is 3.25. The molecule has 0 N–H and O–H groups in total. The van der Waals surface area contributed by atoms with E-state index >= 15 is 0 Å². The van der Waals surface area contributed by atoms with E-state index in [4.69, 9.17) is 4.74 Å². The van der Waals surface area contributed by atoms with Crippen LogP contribution in [0.25, 0.3) is 11.1 Å². The van der Waals surface area contributed by atoms with Gasteiger partial charge >= 0.3 is 0 Å². The zero-order valence-electron chi connectivity index (χ0n) is 15.0. The van der Waals surface area contributed by atoms with E-state index in [0.29, 0.717) is 12.2 Å². The molecule has 0 bridgehead atoms. The van der Waals surface area contributed by atoms with Gasteiger partial charge in [-0.1, -0.05) is 32.9 Å². The van der Waals surface area contributed by atoms with Gasteiger partial charge in [-0.2, -0.15) is 0 Å². The molecule has 0 saturated carbocycles. The van der Waals surface area contributed by atoms with E-state index in [1.54, 1.807) is 13.8 Å². The molecule has 3 nitrogen and oxygen atoms in total. The monoisotopic (exact) mass is 324 g/mol. The van der Waals surface area contributed by atoms with Crippen molar-refractivity contribution in [2.45, 2.75) is 47.6 Å². The summed E-state index contributed by atoms with van der Waals surface area (Å²) in [7, 11) is 0. The smallest absolute Gasteiger partial charge is 0.160 e. The number of ether oxygens (including phenoxy) is 1. The van der Waals surface area contributed by atoms with Crippen molar-refractivity contribution in [1.29, 1.82) is 0 Å². The van der Waals surface area contributed by atoms with E-state index in [-0.39, 0.29) is 11.6 Å². The summed E-state index contributed by atoms with van der Waals surface area (Å²) in [5, 5.41) is 0. The van der Waals surface area contributed by atoms with Crippen LogP contribution in [0.15, 0.2) is 30.3 Å². The number of rotatable bonds is 3. The first kappa shape index (κ1) is 17.9. The first-order valence-electron chi connectivity index (χ1n) is 8.46. The van der Waals surface area contributed by atoms with E-state index in [1.165, 1.54) is 0 Å². The van der Waals surface area contributed by atoms with E-state index < -0.39 is 0 Å². The molecule has 126 valence electrons. The Morgan fingerprint density at radius 3 is 2.29 bits per heavy atom. The number of benzene rings is 2. The number of carbonyl (C=O) groups excluding carboxylic acids is 2. The normalized spacial score (nSPS) is 11.4. The lowest BCUT2D eigenvalue weighted by Crippen LogP contribution is -2.09. The van der Waals surface area contributed by atoms with Crippen LogP contribution in [0.2, 0.25) is 0 Å². The fraction of sp³-hybridized carbons (Fsp3) is 0.333. The lowest BCUT2D eigenvalue weighted by Gasteiger charge is -2.23. The van der Waals surface area contributed by atoms with Gasteiger partial charge in [0.1, 0.15) is 12.4 Å². The first-order chi connectivity index (χ1) is 11.5. The topological polar surface area (TPSA) is 43.4 Å². The van der Waals surface area contributed by atoms with Crippen LogP contribution in [0, 0.1) is 0 Å². The minimum absolute atomic E-state index is 0.0507. The fourth-order valence-corrected chi connectivity index (χ4v) is 2.93. The second-order valence-corrected chi connectivity index (χ2v) is 5.63. The SMILES string of the molecule is CC.CCc1cc2c(cc1C(C)=O)OCc1cc(C(C)=O)ccc1-2. The molecule has 0 fully saturated rings. The van der Waals surface area contributed by atoms with Crippen LogP contribution in [0.4, 0.5) is 0 Å². The zero-order valence-corrected chi connectivity index (χ0v) is 15.0. The van der Waals surface area contributed by atoms with Crippen molar-refractivity contribution in [3.63, 3.8) is 0 Å². The van der Waals surface area contributed by atoms with Gasteiger partial charge in [-0.15, -0.1) is 0 Å². The summed E-state index contributed by atoms with van der Waals surface area (Å²) in [6, 6.07) is 9.60. The fourth-order valence-electron chi connectivity index (χ4n) is 2.93. The van der Waals surface area contributed by atoms with Gasteiger partial charge in [0.05, 0.1) is 0 Å². The second kappa shape index (κ2) is 7.43. The Morgan fingerprint density at radius 2 is 1.71 bits per heavy atom. The average Bonchev–Trinajstić information content (AvgIpc) is 2.61. The number of aryl methyl sites for hydroxylation is 1. The molecule has 1 aliphatic rings. The number of ketones is 2. The van der Waals surface area contributed by atoms with Crippen molar-refractivity contribution in [3.05, 3.63) is 52.6 Å². The Kier molecular flexibility index (Phi) is 5.55. The summed E-state index contributed by atoms with van der Waals surface area (Å²) in [4.78, 5) is 23.3. The maximum Gasteiger partial charge on any atom is 0.160 e. The van der Waals surface area contributed by atoms with Crippen molar-refractivity contribution in [2.75, 3.05) is 0 Å². The van der Waals surface area contributed by atoms with Gasteiger partial charge in [-0.3, -0.25) is 9.59 Å². The Morgan fingerprint density at radius 1 is 1.00 bits per heavy atom. The Labute approximate surface area is 143 Å². The number of fused-ring (bicyclic) bond motifs is 3. The van der Waals surface area contributed by atoms with E-state index in [0.717, 1.165) is 40.0 Å². The number of hydrogen-bond donors (Lipinski definition) is 0. The molecule has 0 unspecified atom stereocenters. The summed E-state index contributed by atoms with van der Waals surface area (Å²) in [6.07, 6.45) is 0.795. The van der Waals surface area contributed by atoms with Gasteiger partial charge in [-0.25, -0.2) is 0 Å². The third-order valence-corrected chi connectivity index (χ3v) is 4.15. The molecule has 24 heavy (non-hydrogen) atoms. The molecule has 2 aromatic carbocycles. The molecule has 3 heteroatoms. The molecule has 0 spiro atoms. The highest BCUT2D eigenvalue weighted by Crippen LogP contribution is 2.40. The molecule has 0 radical (unpaired) electrons. The standard InChI is InChI=1S/C19H18O3.C2H6/c1-4-13-8-18-16-6-5-14(11(2)20)7-15(16)10-22-19(18)9-17(13)12(3)21;1-2/h5-9H,4,10H2,1-3H3;1-2H3. The van der Waals surface area contributed by atoms with Crippen LogP contribution in [-0.4, -0.2) is 11.6 Å². The Hall–Kier alpha value is -2.42. The largest absolute Gasteiger partial charge is 0.488 e. The molecular formula is C21H24O3. The van der Waals surface area contributed by atoms with Crippen LogP contribution in [0.1, 0.15) is 66.5 Å². The molecule has 0 saturated heterocycles. The maximum atomic E-state index is 11.8. The Balaban J connectivity index is 0.00000100. The highest BCUT2D eigenvalue weighted by molar-refractivity contribution is 5.98. The highest BCUT2D eigenvalue weighted by Gasteiger charge is 2.21. The molecule has 2 aromatic rings.